The topological polar surface area (TPSA) is 86.7 Å². The predicted octanol–water partition coefficient (Wildman–Crippen LogP) is 0.949. The molecular weight excluding hydrogens is 335 g/mol. The monoisotopic (exact) mass is 358 g/mol. The number of nitrogens with one attached hydrogen (secondary N) is 1. The molecule has 0 radical (unpaired) electrons. The van der Waals surface area contributed by atoms with Crippen molar-refractivity contribution in [2.45, 2.75) is 25.3 Å². The second kappa shape index (κ2) is 8.43. The first-order chi connectivity index (χ1) is 11.4. The van der Waals surface area contributed by atoms with Crippen LogP contribution in [0.1, 0.15) is 18.4 Å². The summed E-state index contributed by atoms with van der Waals surface area (Å²) in [5, 5.41) is 11.8. The van der Waals surface area contributed by atoms with E-state index in [1.54, 1.807) is 18.2 Å². The zero-order valence-corrected chi connectivity index (χ0v) is 14.3. The molecule has 0 aromatic heterocycles. The summed E-state index contributed by atoms with van der Waals surface area (Å²) in [6.45, 7) is 0.229. The molecule has 0 bridgehead atoms. The highest BCUT2D eigenvalue weighted by Crippen LogP contribution is 2.17. The number of sulfone groups is 1. The van der Waals surface area contributed by atoms with Crippen LogP contribution in [0, 0.1) is 5.82 Å². The third-order valence-electron chi connectivity index (χ3n) is 4.11. The number of carbonyl (C=O) groups is 1. The molecule has 24 heavy (non-hydrogen) atoms. The van der Waals surface area contributed by atoms with E-state index < -0.39 is 15.9 Å². The van der Waals surface area contributed by atoms with Crippen LogP contribution in [0.5, 0.6) is 0 Å². The van der Waals surface area contributed by atoms with Crippen LogP contribution in [0.15, 0.2) is 24.3 Å². The van der Waals surface area contributed by atoms with E-state index >= 15 is 0 Å². The van der Waals surface area contributed by atoms with Crippen molar-refractivity contribution in [1.82, 2.24) is 10.2 Å². The molecule has 8 heteroatoms. The first kappa shape index (κ1) is 18.7. The Kier molecular flexibility index (Phi) is 6.56. The molecule has 0 saturated carbocycles. The molecule has 1 saturated heterocycles. The minimum absolute atomic E-state index is 0.0599. The van der Waals surface area contributed by atoms with Gasteiger partial charge in [-0.1, -0.05) is 18.2 Å². The number of carbonyl (C=O) groups excluding carboxylic acids is 1. The molecule has 1 aromatic carbocycles. The molecule has 134 valence electrons. The Morgan fingerprint density at radius 2 is 2.12 bits per heavy atom. The van der Waals surface area contributed by atoms with Gasteiger partial charge in [-0.25, -0.2) is 17.6 Å². The summed E-state index contributed by atoms with van der Waals surface area (Å²) in [6.07, 6.45) is 1.47. The van der Waals surface area contributed by atoms with E-state index in [0.717, 1.165) is 0 Å². The lowest BCUT2D eigenvalue weighted by atomic mass is 10.1. The van der Waals surface area contributed by atoms with Crippen LogP contribution in [-0.2, 0) is 16.3 Å². The van der Waals surface area contributed by atoms with Gasteiger partial charge in [-0.05, 0) is 30.9 Å². The van der Waals surface area contributed by atoms with Crippen LogP contribution >= 0.6 is 0 Å². The van der Waals surface area contributed by atoms with Gasteiger partial charge in [0.2, 0.25) is 0 Å². The number of halogens is 1. The van der Waals surface area contributed by atoms with Crippen LogP contribution in [0.25, 0.3) is 0 Å². The number of benzene rings is 1. The second-order valence-corrected chi connectivity index (χ2v) is 8.13. The fourth-order valence-electron chi connectivity index (χ4n) is 2.86. The molecule has 1 aliphatic rings. The smallest absolute Gasteiger partial charge is 0.317 e. The highest BCUT2D eigenvalue weighted by molar-refractivity contribution is 7.91. The van der Waals surface area contributed by atoms with Crippen LogP contribution in [0.2, 0.25) is 0 Å². The lowest BCUT2D eigenvalue weighted by molar-refractivity contribution is 0.158. The van der Waals surface area contributed by atoms with Gasteiger partial charge in [0.25, 0.3) is 0 Å². The van der Waals surface area contributed by atoms with Crippen LogP contribution in [-0.4, -0.2) is 61.7 Å². The Labute approximate surface area is 141 Å². The van der Waals surface area contributed by atoms with Crippen molar-refractivity contribution in [2.24, 2.45) is 0 Å². The zero-order valence-electron chi connectivity index (χ0n) is 13.4. The molecule has 1 aliphatic heterocycles. The van der Waals surface area contributed by atoms with Crippen LogP contribution in [0.3, 0.4) is 0 Å². The van der Waals surface area contributed by atoms with Gasteiger partial charge in [0.1, 0.15) is 5.82 Å². The highest BCUT2D eigenvalue weighted by Gasteiger charge is 2.34. The number of rotatable bonds is 7. The Morgan fingerprint density at radius 3 is 2.75 bits per heavy atom. The first-order valence-electron chi connectivity index (χ1n) is 8.02. The lowest BCUT2D eigenvalue weighted by Gasteiger charge is -2.27. The quantitative estimate of drug-likeness (QED) is 0.711. The molecule has 2 rings (SSSR count). The van der Waals surface area contributed by atoms with E-state index in [2.05, 4.69) is 5.32 Å². The summed E-state index contributed by atoms with van der Waals surface area (Å²) in [4.78, 5) is 13.6. The number of hydrogen-bond donors (Lipinski definition) is 2. The molecule has 6 nitrogen and oxygen atoms in total. The van der Waals surface area contributed by atoms with Crippen molar-refractivity contribution >= 4 is 15.9 Å². The van der Waals surface area contributed by atoms with E-state index in [9.17, 15) is 17.6 Å². The number of aliphatic hydroxyl groups is 1. The molecule has 1 aromatic rings. The minimum atomic E-state index is -3.10. The minimum Gasteiger partial charge on any atom is -0.395 e. The molecule has 2 amide bonds. The first-order valence-corrected chi connectivity index (χ1v) is 9.84. The van der Waals surface area contributed by atoms with Crippen molar-refractivity contribution in [1.29, 1.82) is 0 Å². The molecular formula is C16H23FN2O4S. The summed E-state index contributed by atoms with van der Waals surface area (Å²) >= 11 is 0. The van der Waals surface area contributed by atoms with Gasteiger partial charge in [0.05, 0.1) is 18.1 Å². The van der Waals surface area contributed by atoms with Gasteiger partial charge in [0.15, 0.2) is 9.84 Å². The molecule has 2 N–H and O–H groups in total. The standard InChI is InChI=1S/C16H23FN2O4S/c17-15-6-2-1-4-13(15)5-3-8-18-16(21)19(9-10-20)14-7-11-24(22,23)12-14/h1-2,4,6,14,20H,3,5,7-12H2,(H,18,21)/t14-/m1/s1. The third kappa shape index (κ3) is 5.17. The summed E-state index contributed by atoms with van der Waals surface area (Å²) in [5.74, 6) is -0.252. The fraction of sp³-hybridized carbons (Fsp3) is 0.562. The van der Waals surface area contributed by atoms with Crippen LogP contribution in [0.4, 0.5) is 9.18 Å². The average molecular weight is 358 g/mol. The molecule has 0 unspecified atom stereocenters. The van der Waals surface area contributed by atoms with Crippen molar-refractivity contribution in [3.05, 3.63) is 35.6 Å². The van der Waals surface area contributed by atoms with E-state index in [1.165, 1.54) is 11.0 Å². The van der Waals surface area contributed by atoms with E-state index in [1.807, 2.05) is 0 Å². The van der Waals surface area contributed by atoms with Gasteiger partial charge in [-0.3, -0.25) is 0 Å². The van der Waals surface area contributed by atoms with Crippen LogP contribution < -0.4 is 5.32 Å². The molecule has 1 fully saturated rings. The summed E-state index contributed by atoms with van der Waals surface area (Å²) < 4.78 is 36.6. The van der Waals surface area contributed by atoms with Crippen molar-refractivity contribution in [3.63, 3.8) is 0 Å². The van der Waals surface area contributed by atoms with Gasteiger partial charge < -0.3 is 15.3 Å². The zero-order chi connectivity index (χ0) is 17.6. The average Bonchev–Trinajstić information content (AvgIpc) is 2.90. The molecule has 0 aliphatic carbocycles. The summed E-state index contributed by atoms with van der Waals surface area (Å²) in [5.41, 5.74) is 0.598. The normalized spacial score (nSPS) is 19.2. The Morgan fingerprint density at radius 1 is 1.38 bits per heavy atom. The molecule has 1 atom stereocenters. The molecule has 0 spiro atoms. The highest BCUT2D eigenvalue weighted by atomic mass is 32.2. The maximum absolute atomic E-state index is 13.5. The maximum Gasteiger partial charge on any atom is 0.317 e. The van der Waals surface area contributed by atoms with Crippen molar-refractivity contribution in [2.75, 3.05) is 31.2 Å². The summed E-state index contributed by atoms with van der Waals surface area (Å²) in [6, 6.07) is 5.72. The van der Waals surface area contributed by atoms with Gasteiger partial charge >= 0.3 is 6.03 Å². The number of urea groups is 1. The Bertz CT molecular complexity index is 666. The molecule has 1 heterocycles. The number of hydrogen-bond acceptors (Lipinski definition) is 4. The Hall–Kier alpha value is -1.67. The fourth-order valence-corrected chi connectivity index (χ4v) is 4.59. The second-order valence-electron chi connectivity index (χ2n) is 5.90. The van der Waals surface area contributed by atoms with E-state index in [0.29, 0.717) is 31.4 Å². The number of aryl methyl sites for hydroxylation is 1. The Balaban J connectivity index is 1.82. The third-order valence-corrected chi connectivity index (χ3v) is 5.86. The number of amides is 2. The maximum atomic E-state index is 13.5. The van der Waals surface area contributed by atoms with Gasteiger partial charge in [-0.2, -0.15) is 0 Å². The van der Waals surface area contributed by atoms with Crippen molar-refractivity contribution in [3.8, 4) is 0 Å². The van der Waals surface area contributed by atoms with Gasteiger partial charge in [0, 0.05) is 19.1 Å². The van der Waals surface area contributed by atoms with E-state index in [-0.39, 0.29) is 36.5 Å². The largest absolute Gasteiger partial charge is 0.395 e. The summed E-state index contributed by atoms with van der Waals surface area (Å²) in [7, 11) is -3.10. The van der Waals surface area contributed by atoms with Gasteiger partial charge in [-0.15, -0.1) is 0 Å². The van der Waals surface area contributed by atoms with Crippen molar-refractivity contribution < 1.29 is 22.7 Å². The predicted molar refractivity (Wildman–Crippen MR) is 89.0 cm³/mol. The number of nitrogens with zero attached hydrogens (tertiary/aromatic N) is 1. The lowest BCUT2D eigenvalue weighted by Crippen LogP contribution is -2.48. The SMILES string of the molecule is O=C(NCCCc1ccccc1F)N(CCO)[C@@H]1CCS(=O)(=O)C1. The van der Waals surface area contributed by atoms with E-state index in [4.69, 9.17) is 5.11 Å². The number of aliphatic hydroxyl groups excluding tert-OH is 1.